The van der Waals surface area contributed by atoms with Crippen molar-refractivity contribution in [3.05, 3.63) is 34.9 Å². The number of piperazine rings is 3. The van der Waals surface area contributed by atoms with Crippen LogP contribution in [0.2, 0.25) is 0 Å². The zero-order valence-corrected chi connectivity index (χ0v) is 43.1. The van der Waals surface area contributed by atoms with Crippen LogP contribution < -0.4 is 0 Å². The minimum atomic E-state index is 0.511. The smallest absolute Gasteiger partial charge is 0.0635 e. The molecule has 0 aromatic heterocycles. The van der Waals surface area contributed by atoms with Gasteiger partial charge in [0.25, 0.3) is 0 Å². The number of nitrogens with zero attached hydrogens (tertiary/aromatic N) is 15. The summed E-state index contributed by atoms with van der Waals surface area (Å²) in [5.74, 6) is 1.56. The van der Waals surface area contributed by atoms with E-state index in [1.807, 2.05) is 0 Å². The van der Waals surface area contributed by atoms with Crippen molar-refractivity contribution in [1.29, 1.82) is 31.6 Å². The van der Waals surface area contributed by atoms with Gasteiger partial charge in [-0.25, -0.2) is 0 Å². The van der Waals surface area contributed by atoms with Crippen LogP contribution >= 0.6 is 0 Å². The largest absolute Gasteiger partial charge is 0.301 e. The Labute approximate surface area is 418 Å². The molecule has 3 aliphatic heterocycles. The van der Waals surface area contributed by atoms with Gasteiger partial charge in [-0.3, -0.25) is 14.7 Å². The van der Waals surface area contributed by atoms with Crippen molar-refractivity contribution in [3.63, 3.8) is 0 Å². The normalized spacial score (nSPS) is 18.3. The fraction of sp³-hybridized carbons (Fsp3) is 0.778. The predicted molar refractivity (Wildman–Crippen MR) is 274 cm³/mol. The van der Waals surface area contributed by atoms with E-state index in [0.717, 1.165) is 196 Å². The Bertz CT molecular complexity index is 1550. The molecule has 0 spiro atoms. The van der Waals surface area contributed by atoms with Gasteiger partial charge in [-0.1, -0.05) is 39.0 Å². The van der Waals surface area contributed by atoms with Crippen LogP contribution in [0.1, 0.15) is 95.2 Å². The molecule has 3 aliphatic rings. The molecular formula is C54H87N15. The fourth-order valence-corrected chi connectivity index (χ4v) is 10.3. The monoisotopic (exact) mass is 946 g/mol. The average molecular weight is 946 g/mol. The summed E-state index contributed by atoms with van der Waals surface area (Å²) in [5.41, 5.74) is 4.28. The van der Waals surface area contributed by atoms with Crippen LogP contribution in [0.4, 0.5) is 0 Å². The topological polar surface area (TPSA) is 172 Å². The molecule has 3 saturated heterocycles. The second-order valence-corrected chi connectivity index (χ2v) is 20.5. The number of rotatable bonds is 33. The lowest BCUT2D eigenvalue weighted by Crippen LogP contribution is -2.47. The minimum Gasteiger partial charge on any atom is -0.301 e. The SMILES string of the molecule is CC(CCN1CCN(Cc2cc(CN3CCN(CCC(C)CN(CCC#N)CCC#N)CC3)cc(CN3CCN(CCC(C)CN(CCC#N)CCC#N)CC3)c2)CC1)CN(CCC#N)CCC#N. The van der Waals surface area contributed by atoms with Crippen LogP contribution in [-0.2, 0) is 19.6 Å². The van der Waals surface area contributed by atoms with Crippen LogP contribution in [0, 0.1) is 85.7 Å². The van der Waals surface area contributed by atoms with Gasteiger partial charge in [0.2, 0.25) is 0 Å². The summed E-state index contributed by atoms with van der Waals surface area (Å²) >= 11 is 0. The Morgan fingerprint density at radius 3 is 0.768 bits per heavy atom. The van der Waals surface area contributed by atoms with Gasteiger partial charge in [-0.05, 0) is 73.3 Å². The van der Waals surface area contributed by atoms with Crippen molar-refractivity contribution in [1.82, 2.24) is 44.1 Å². The molecule has 15 heteroatoms. The molecule has 0 saturated carbocycles. The summed E-state index contributed by atoms with van der Waals surface area (Å²) in [5, 5.41) is 54.7. The molecule has 3 atom stereocenters. The maximum Gasteiger partial charge on any atom is 0.0635 e. The first kappa shape index (κ1) is 57.4. The lowest BCUT2D eigenvalue weighted by molar-refractivity contribution is 0.116. The van der Waals surface area contributed by atoms with Crippen LogP contribution in [0.5, 0.6) is 0 Å². The molecule has 0 radical (unpaired) electrons. The van der Waals surface area contributed by atoms with E-state index < -0.39 is 0 Å². The predicted octanol–water partition coefficient (Wildman–Crippen LogP) is 5.51. The van der Waals surface area contributed by atoms with Crippen LogP contribution in [0.3, 0.4) is 0 Å². The van der Waals surface area contributed by atoms with Gasteiger partial charge in [0.1, 0.15) is 0 Å². The van der Waals surface area contributed by atoms with Crippen molar-refractivity contribution in [3.8, 4) is 36.4 Å². The molecule has 69 heavy (non-hydrogen) atoms. The van der Waals surface area contributed by atoms with Crippen LogP contribution in [0.25, 0.3) is 0 Å². The standard InChI is InChI=1S/C54H87N15/c1-49(43-64(19-4-13-55)20-5-14-56)10-25-61-28-34-67(35-29-61)46-52-40-53(47-68-36-30-62(31-37-68)26-11-50(2)44-65(21-6-15-57)22-7-16-58)42-54(41-52)48-69-38-32-63(33-39-69)27-12-51(3)45-66(23-8-17-59)24-9-18-60/h40-42,49-51H,4-12,19-39,43-48H2,1-3H3. The molecule has 0 aliphatic carbocycles. The average Bonchev–Trinajstić information content (AvgIpc) is 3.35. The maximum atomic E-state index is 9.11. The van der Waals surface area contributed by atoms with Gasteiger partial charge < -0.3 is 29.4 Å². The van der Waals surface area contributed by atoms with Crippen LogP contribution in [-0.4, -0.2) is 201 Å². The van der Waals surface area contributed by atoms with Crippen molar-refractivity contribution in [2.75, 3.05) is 157 Å². The quantitative estimate of drug-likeness (QED) is 0.0864. The van der Waals surface area contributed by atoms with Gasteiger partial charge in [0, 0.05) is 196 Å². The number of hydrogen-bond donors (Lipinski definition) is 0. The first-order chi connectivity index (χ1) is 33.6. The highest BCUT2D eigenvalue weighted by Crippen LogP contribution is 2.21. The molecule has 15 nitrogen and oxygen atoms in total. The molecule has 1 aromatic carbocycles. The molecule has 3 fully saturated rings. The summed E-state index contributed by atoms with van der Waals surface area (Å²) < 4.78 is 0. The van der Waals surface area contributed by atoms with E-state index in [1.165, 1.54) is 16.7 Å². The summed E-state index contributed by atoms with van der Waals surface area (Å²) in [6.07, 6.45) is 6.45. The third-order valence-electron chi connectivity index (χ3n) is 14.5. The molecule has 4 rings (SSSR count). The second-order valence-electron chi connectivity index (χ2n) is 20.5. The van der Waals surface area contributed by atoms with E-state index in [4.69, 9.17) is 31.6 Å². The maximum absolute atomic E-state index is 9.11. The first-order valence-corrected chi connectivity index (χ1v) is 26.5. The Balaban J connectivity index is 1.30. The summed E-state index contributed by atoms with van der Waals surface area (Å²) in [6, 6.07) is 21.1. The highest BCUT2D eigenvalue weighted by molar-refractivity contribution is 5.31. The van der Waals surface area contributed by atoms with Gasteiger partial charge in [-0.15, -0.1) is 0 Å². The molecule has 0 amide bonds. The van der Waals surface area contributed by atoms with Crippen molar-refractivity contribution < 1.29 is 0 Å². The number of hydrogen-bond acceptors (Lipinski definition) is 15. The summed E-state index contributed by atoms with van der Waals surface area (Å²) in [4.78, 5) is 22.7. The molecule has 3 heterocycles. The molecule has 3 unspecified atom stereocenters. The van der Waals surface area contributed by atoms with E-state index in [9.17, 15) is 0 Å². The molecule has 0 N–H and O–H groups in total. The highest BCUT2D eigenvalue weighted by atomic mass is 15.3. The fourth-order valence-electron chi connectivity index (χ4n) is 10.3. The molecular weight excluding hydrogens is 859 g/mol. The van der Waals surface area contributed by atoms with Crippen molar-refractivity contribution in [2.24, 2.45) is 17.8 Å². The number of nitriles is 6. The third kappa shape index (κ3) is 24.0. The Morgan fingerprint density at radius 1 is 0.362 bits per heavy atom. The van der Waals surface area contributed by atoms with Gasteiger partial charge in [-0.2, -0.15) is 31.6 Å². The molecule has 1 aromatic rings. The van der Waals surface area contributed by atoms with Gasteiger partial charge in [0.15, 0.2) is 0 Å². The zero-order chi connectivity index (χ0) is 49.5. The number of benzene rings is 1. The Hall–Kier alpha value is -4.20. The van der Waals surface area contributed by atoms with E-state index in [-0.39, 0.29) is 0 Å². The van der Waals surface area contributed by atoms with Gasteiger partial charge in [0.05, 0.1) is 36.4 Å². The Morgan fingerprint density at radius 2 is 0.565 bits per heavy atom. The molecule has 378 valence electrons. The van der Waals surface area contributed by atoms with E-state index in [1.54, 1.807) is 0 Å². The van der Waals surface area contributed by atoms with E-state index in [2.05, 4.69) is 119 Å². The lowest BCUT2D eigenvalue weighted by atomic mass is 10.0. The van der Waals surface area contributed by atoms with E-state index in [0.29, 0.717) is 56.3 Å². The van der Waals surface area contributed by atoms with E-state index >= 15 is 0 Å². The van der Waals surface area contributed by atoms with Gasteiger partial charge >= 0.3 is 0 Å². The lowest BCUT2D eigenvalue weighted by Gasteiger charge is -2.37. The highest BCUT2D eigenvalue weighted by Gasteiger charge is 2.23. The minimum absolute atomic E-state index is 0.511. The Kier molecular flexibility index (Phi) is 28.4. The third-order valence-corrected chi connectivity index (χ3v) is 14.5. The van der Waals surface area contributed by atoms with Crippen molar-refractivity contribution >= 4 is 0 Å². The van der Waals surface area contributed by atoms with Crippen LogP contribution in [0.15, 0.2) is 18.2 Å². The first-order valence-electron chi connectivity index (χ1n) is 26.5. The zero-order valence-electron chi connectivity index (χ0n) is 43.1. The second kappa shape index (κ2) is 34.2. The summed E-state index contributed by atoms with van der Waals surface area (Å²) in [6.45, 7) is 33.3. The summed E-state index contributed by atoms with van der Waals surface area (Å²) in [7, 11) is 0. The van der Waals surface area contributed by atoms with Crippen molar-refractivity contribution in [2.45, 2.75) is 98.2 Å². The molecule has 0 bridgehead atoms.